The number of carbonyl (C=O) groups is 1. The molecule has 2 heterocycles. The van der Waals surface area contributed by atoms with Gasteiger partial charge >= 0.3 is 6.03 Å². The van der Waals surface area contributed by atoms with Crippen LogP contribution < -0.4 is 26.2 Å². The van der Waals surface area contributed by atoms with Crippen molar-refractivity contribution in [3.05, 3.63) is 59.8 Å². The highest BCUT2D eigenvalue weighted by Crippen LogP contribution is 2.29. The van der Waals surface area contributed by atoms with Crippen LogP contribution in [0.3, 0.4) is 0 Å². The molecule has 2 aromatic carbocycles. The summed E-state index contributed by atoms with van der Waals surface area (Å²) in [6, 6.07) is 15.1. The van der Waals surface area contributed by atoms with Crippen molar-refractivity contribution in [1.29, 1.82) is 0 Å². The Bertz CT molecular complexity index is 1090. The van der Waals surface area contributed by atoms with Crippen LogP contribution in [0.2, 0.25) is 5.02 Å². The first-order valence-electron chi connectivity index (χ1n) is 10.8. The van der Waals surface area contributed by atoms with Gasteiger partial charge in [0.1, 0.15) is 5.02 Å². The van der Waals surface area contributed by atoms with E-state index in [1.54, 1.807) is 6.07 Å². The van der Waals surface area contributed by atoms with Gasteiger partial charge in [-0.05, 0) is 43.3 Å². The van der Waals surface area contributed by atoms with Gasteiger partial charge in [0.25, 0.3) is 0 Å². The molecule has 4 N–H and O–H groups in total. The molecule has 1 fully saturated rings. The minimum absolute atomic E-state index is 0.289. The number of urea groups is 1. The zero-order chi connectivity index (χ0) is 23.0. The summed E-state index contributed by atoms with van der Waals surface area (Å²) in [6.45, 7) is 5.65. The molecule has 0 spiro atoms. The van der Waals surface area contributed by atoms with E-state index in [9.17, 15) is 4.79 Å². The van der Waals surface area contributed by atoms with Crippen LogP contribution in [0.15, 0.2) is 54.7 Å². The number of halogens is 1. The minimum atomic E-state index is -0.289. The number of morpholine rings is 1. The van der Waals surface area contributed by atoms with E-state index in [1.165, 1.54) is 6.20 Å². The van der Waals surface area contributed by atoms with Crippen molar-refractivity contribution in [2.75, 3.05) is 53.7 Å². The second-order valence-corrected chi connectivity index (χ2v) is 7.72. The molecular weight excluding hydrogens is 442 g/mol. The number of rotatable bonds is 7. The Labute approximate surface area is 197 Å². The van der Waals surface area contributed by atoms with Crippen molar-refractivity contribution in [1.82, 2.24) is 15.3 Å². The molecule has 1 aliphatic rings. The molecule has 4 rings (SSSR count). The van der Waals surface area contributed by atoms with Crippen LogP contribution in [0.25, 0.3) is 0 Å². The van der Waals surface area contributed by atoms with Crippen LogP contribution in [0, 0.1) is 0 Å². The quantitative estimate of drug-likeness (QED) is 0.402. The smallest absolute Gasteiger partial charge is 0.319 e. The lowest BCUT2D eigenvalue weighted by Crippen LogP contribution is -2.36. The van der Waals surface area contributed by atoms with E-state index in [4.69, 9.17) is 16.3 Å². The second kappa shape index (κ2) is 10.8. The number of hydrogen-bond donors (Lipinski definition) is 4. The number of anilines is 6. The molecule has 9 nitrogen and oxygen atoms in total. The van der Waals surface area contributed by atoms with E-state index in [2.05, 4.69) is 48.3 Å². The highest BCUT2D eigenvalue weighted by molar-refractivity contribution is 6.33. The summed E-state index contributed by atoms with van der Waals surface area (Å²) < 4.78 is 5.41. The average molecular weight is 468 g/mol. The predicted octanol–water partition coefficient (Wildman–Crippen LogP) is 4.60. The molecule has 0 bridgehead atoms. The number of hydrogen-bond acceptors (Lipinski definition) is 7. The first-order chi connectivity index (χ1) is 16.1. The maximum Gasteiger partial charge on any atom is 0.319 e. The maximum atomic E-state index is 11.9. The standard InChI is InChI=1S/C23H26ClN7O2/c1-2-25-23(32)29-20-6-4-3-5-19(20)28-21-18(24)15-26-22(30-21)27-16-7-9-17(10-8-16)31-11-13-33-14-12-31/h3-10,15H,2,11-14H2,1H3,(H2,25,29,32)(H2,26,27,28,30). The molecule has 33 heavy (non-hydrogen) atoms. The monoisotopic (exact) mass is 467 g/mol. The fourth-order valence-corrected chi connectivity index (χ4v) is 3.52. The number of benzene rings is 2. The lowest BCUT2D eigenvalue weighted by molar-refractivity contribution is 0.122. The lowest BCUT2D eigenvalue weighted by atomic mass is 10.2. The summed E-state index contributed by atoms with van der Waals surface area (Å²) in [7, 11) is 0. The van der Waals surface area contributed by atoms with E-state index >= 15 is 0 Å². The largest absolute Gasteiger partial charge is 0.378 e. The zero-order valence-electron chi connectivity index (χ0n) is 18.3. The number of para-hydroxylation sites is 2. The van der Waals surface area contributed by atoms with Crippen molar-refractivity contribution in [3.8, 4) is 0 Å². The van der Waals surface area contributed by atoms with E-state index in [-0.39, 0.29) is 6.03 Å². The number of amides is 2. The van der Waals surface area contributed by atoms with Crippen molar-refractivity contribution < 1.29 is 9.53 Å². The van der Waals surface area contributed by atoms with Crippen LogP contribution in [-0.2, 0) is 4.74 Å². The van der Waals surface area contributed by atoms with Gasteiger partial charge in [-0.2, -0.15) is 4.98 Å². The number of nitrogens with one attached hydrogen (secondary N) is 4. The molecule has 10 heteroatoms. The third-order valence-corrected chi connectivity index (χ3v) is 5.29. The number of aromatic nitrogens is 2. The van der Waals surface area contributed by atoms with Crippen molar-refractivity contribution in [2.45, 2.75) is 6.92 Å². The van der Waals surface area contributed by atoms with Gasteiger partial charge < -0.3 is 30.9 Å². The lowest BCUT2D eigenvalue weighted by Gasteiger charge is -2.28. The van der Waals surface area contributed by atoms with Crippen molar-refractivity contribution in [2.24, 2.45) is 0 Å². The van der Waals surface area contributed by atoms with Crippen molar-refractivity contribution in [3.63, 3.8) is 0 Å². The van der Waals surface area contributed by atoms with Crippen LogP contribution in [-0.4, -0.2) is 48.8 Å². The van der Waals surface area contributed by atoms with Gasteiger partial charge in [0.2, 0.25) is 5.95 Å². The Morgan fingerprint density at radius 3 is 2.52 bits per heavy atom. The zero-order valence-corrected chi connectivity index (χ0v) is 19.0. The van der Waals surface area contributed by atoms with Crippen LogP contribution in [0.1, 0.15) is 6.92 Å². The molecule has 2 amide bonds. The SMILES string of the molecule is CCNC(=O)Nc1ccccc1Nc1nc(Nc2ccc(N3CCOCC3)cc2)ncc1Cl. The summed E-state index contributed by atoms with van der Waals surface area (Å²) >= 11 is 6.33. The van der Waals surface area contributed by atoms with E-state index in [0.717, 1.165) is 37.7 Å². The Balaban J connectivity index is 1.47. The molecule has 1 aliphatic heterocycles. The molecular formula is C23H26ClN7O2. The second-order valence-electron chi connectivity index (χ2n) is 7.32. The van der Waals surface area contributed by atoms with E-state index < -0.39 is 0 Å². The van der Waals surface area contributed by atoms with E-state index in [0.29, 0.717) is 34.7 Å². The molecule has 0 aliphatic carbocycles. The van der Waals surface area contributed by atoms with Crippen LogP contribution in [0.5, 0.6) is 0 Å². The highest BCUT2D eigenvalue weighted by atomic mass is 35.5. The molecule has 0 radical (unpaired) electrons. The predicted molar refractivity (Wildman–Crippen MR) is 132 cm³/mol. The summed E-state index contributed by atoms with van der Waals surface area (Å²) in [6.07, 6.45) is 1.53. The molecule has 3 aromatic rings. The first-order valence-corrected chi connectivity index (χ1v) is 11.1. The molecule has 1 aromatic heterocycles. The van der Waals surface area contributed by atoms with Gasteiger partial charge in [0.15, 0.2) is 5.82 Å². The third-order valence-electron chi connectivity index (χ3n) is 5.01. The molecule has 0 unspecified atom stereocenters. The molecule has 0 atom stereocenters. The molecule has 172 valence electrons. The Kier molecular flexibility index (Phi) is 7.43. The normalized spacial score (nSPS) is 13.3. The Hall–Kier alpha value is -3.56. The summed E-state index contributed by atoms with van der Waals surface area (Å²) in [4.78, 5) is 23.0. The number of nitrogens with zero attached hydrogens (tertiary/aromatic N) is 3. The van der Waals surface area contributed by atoms with Gasteiger partial charge in [-0.3, -0.25) is 0 Å². The molecule has 0 saturated carbocycles. The summed E-state index contributed by atoms with van der Waals surface area (Å²) in [5, 5.41) is 12.3. The first kappa shape index (κ1) is 22.6. The van der Waals surface area contributed by atoms with Gasteiger partial charge in [0.05, 0.1) is 30.8 Å². The van der Waals surface area contributed by atoms with Gasteiger partial charge in [0, 0.05) is 31.0 Å². The van der Waals surface area contributed by atoms with Crippen LogP contribution >= 0.6 is 11.6 Å². The van der Waals surface area contributed by atoms with Crippen LogP contribution in [0.4, 0.5) is 39.3 Å². The maximum absolute atomic E-state index is 11.9. The highest BCUT2D eigenvalue weighted by Gasteiger charge is 2.12. The fraction of sp³-hybridized carbons (Fsp3) is 0.261. The molecule has 1 saturated heterocycles. The van der Waals surface area contributed by atoms with Gasteiger partial charge in [-0.25, -0.2) is 9.78 Å². The van der Waals surface area contributed by atoms with E-state index in [1.807, 2.05) is 37.3 Å². The third kappa shape index (κ3) is 6.03. The topological polar surface area (TPSA) is 103 Å². The Morgan fingerprint density at radius 2 is 1.79 bits per heavy atom. The number of ether oxygens (including phenoxy) is 1. The average Bonchev–Trinajstić information content (AvgIpc) is 2.84. The van der Waals surface area contributed by atoms with Crippen molar-refractivity contribution >= 4 is 52.1 Å². The summed E-state index contributed by atoms with van der Waals surface area (Å²) in [5.74, 6) is 0.819. The fourth-order valence-electron chi connectivity index (χ4n) is 3.38. The number of carbonyl (C=O) groups excluding carboxylic acids is 1. The van der Waals surface area contributed by atoms with Gasteiger partial charge in [-0.1, -0.05) is 23.7 Å². The Morgan fingerprint density at radius 1 is 1.06 bits per heavy atom. The van der Waals surface area contributed by atoms with Gasteiger partial charge in [-0.15, -0.1) is 0 Å². The summed E-state index contributed by atoms with van der Waals surface area (Å²) in [5.41, 5.74) is 3.27. The minimum Gasteiger partial charge on any atom is -0.378 e.